The lowest BCUT2D eigenvalue weighted by Crippen LogP contribution is -2.14. The van der Waals surface area contributed by atoms with Crippen LogP contribution in [0.2, 0.25) is 5.02 Å². The van der Waals surface area contributed by atoms with E-state index in [9.17, 15) is 13.2 Å². The summed E-state index contributed by atoms with van der Waals surface area (Å²) >= 11 is 5.89. The van der Waals surface area contributed by atoms with Crippen molar-refractivity contribution >= 4 is 22.6 Å². The van der Waals surface area contributed by atoms with Gasteiger partial charge in [-0.15, -0.1) is 0 Å². The molecule has 1 aliphatic heterocycles. The van der Waals surface area contributed by atoms with Gasteiger partial charge in [-0.25, -0.2) is 4.98 Å². The maximum Gasteiger partial charge on any atom is 0.416 e. The van der Waals surface area contributed by atoms with Crippen molar-refractivity contribution in [2.24, 2.45) is 0 Å². The highest BCUT2D eigenvalue weighted by Crippen LogP contribution is 2.35. The first kappa shape index (κ1) is 12.7. The molecule has 3 rings (SSSR count). The zero-order chi connectivity index (χ0) is 13.6. The number of benzene rings is 1. The van der Waals surface area contributed by atoms with Crippen molar-refractivity contribution in [3.8, 4) is 0 Å². The Kier molecular flexibility index (Phi) is 2.94. The fraction of sp³-hybridized carbons (Fsp3) is 0.417. The summed E-state index contributed by atoms with van der Waals surface area (Å²) in [4.78, 5) is 7.23. The molecule has 2 N–H and O–H groups in total. The summed E-state index contributed by atoms with van der Waals surface area (Å²) in [6, 6.07) is 2.03. The van der Waals surface area contributed by atoms with E-state index in [2.05, 4.69) is 15.3 Å². The summed E-state index contributed by atoms with van der Waals surface area (Å²) in [5.41, 5.74) is -0.0542. The van der Waals surface area contributed by atoms with Crippen LogP contribution in [0.15, 0.2) is 12.1 Å². The van der Waals surface area contributed by atoms with E-state index in [4.69, 9.17) is 11.6 Å². The number of alkyl halides is 3. The van der Waals surface area contributed by atoms with Crippen molar-refractivity contribution in [1.29, 1.82) is 0 Å². The van der Waals surface area contributed by atoms with Crippen molar-refractivity contribution in [1.82, 2.24) is 15.3 Å². The highest BCUT2D eigenvalue weighted by molar-refractivity contribution is 6.35. The highest BCUT2D eigenvalue weighted by Gasteiger charge is 2.32. The van der Waals surface area contributed by atoms with Gasteiger partial charge in [0.1, 0.15) is 11.3 Å². The molecule has 1 aromatic carbocycles. The molecular weight excluding hydrogens is 279 g/mol. The molecule has 102 valence electrons. The molecule has 0 aliphatic carbocycles. The summed E-state index contributed by atoms with van der Waals surface area (Å²) in [5, 5.41) is 3.26. The molecule has 0 unspecified atom stereocenters. The quantitative estimate of drug-likeness (QED) is 0.841. The molecule has 1 atom stereocenters. The molecule has 2 aromatic rings. The molecule has 1 saturated heterocycles. The van der Waals surface area contributed by atoms with Crippen LogP contribution in [0.3, 0.4) is 0 Å². The van der Waals surface area contributed by atoms with Crippen LogP contribution in [-0.4, -0.2) is 16.5 Å². The van der Waals surface area contributed by atoms with Gasteiger partial charge in [0, 0.05) is 0 Å². The van der Waals surface area contributed by atoms with Gasteiger partial charge in [0.25, 0.3) is 0 Å². The van der Waals surface area contributed by atoms with Crippen LogP contribution >= 0.6 is 11.6 Å². The molecule has 1 aromatic heterocycles. The normalized spacial score (nSPS) is 20.3. The number of hydrogen-bond donors (Lipinski definition) is 2. The average Bonchev–Trinajstić information content (AvgIpc) is 2.95. The van der Waals surface area contributed by atoms with E-state index in [1.54, 1.807) is 0 Å². The number of aromatic nitrogens is 2. The third-order valence-electron chi connectivity index (χ3n) is 3.28. The summed E-state index contributed by atoms with van der Waals surface area (Å²) < 4.78 is 38.1. The van der Waals surface area contributed by atoms with E-state index in [1.165, 1.54) is 0 Å². The Bertz CT molecular complexity index is 614. The zero-order valence-electron chi connectivity index (χ0n) is 9.81. The molecule has 2 heterocycles. The van der Waals surface area contributed by atoms with Gasteiger partial charge < -0.3 is 10.3 Å². The fourth-order valence-corrected chi connectivity index (χ4v) is 2.60. The third-order valence-corrected chi connectivity index (χ3v) is 3.56. The molecule has 3 nitrogen and oxygen atoms in total. The molecule has 1 aliphatic rings. The molecule has 1 fully saturated rings. The number of fused-ring (bicyclic) bond motifs is 1. The Labute approximate surface area is 112 Å². The van der Waals surface area contributed by atoms with Crippen LogP contribution in [0.1, 0.15) is 30.3 Å². The summed E-state index contributed by atoms with van der Waals surface area (Å²) in [5.74, 6) is 0.647. The minimum absolute atomic E-state index is 0.0188. The monoisotopic (exact) mass is 289 g/mol. The van der Waals surface area contributed by atoms with Crippen molar-refractivity contribution in [3.63, 3.8) is 0 Å². The van der Waals surface area contributed by atoms with E-state index in [1.807, 2.05) is 0 Å². The van der Waals surface area contributed by atoms with E-state index in [-0.39, 0.29) is 11.1 Å². The minimum atomic E-state index is -4.41. The third kappa shape index (κ3) is 2.30. The lowest BCUT2D eigenvalue weighted by Gasteiger charge is -2.06. The average molecular weight is 290 g/mol. The van der Waals surface area contributed by atoms with Crippen molar-refractivity contribution in [2.75, 3.05) is 6.54 Å². The molecular formula is C12H11ClF3N3. The molecule has 19 heavy (non-hydrogen) atoms. The van der Waals surface area contributed by atoms with Gasteiger partial charge >= 0.3 is 6.18 Å². The van der Waals surface area contributed by atoms with Crippen LogP contribution in [-0.2, 0) is 6.18 Å². The number of aromatic amines is 1. The van der Waals surface area contributed by atoms with Crippen LogP contribution in [0, 0.1) is 0 Å². The number of H-pyrrole nitrogens is 1. The smallest absolute Gasteiger partial charge is 0.341 e. The second-order valence-electron chi connectivity index (χ2n) is 4.62. The Morgan fingerprint density at radius 1 is 1.32 bits per heavy atom. The Morgan fingerprint density at radius 3 is 2.74 bits per heavy atom. The SMILES string of the molecule is FC(F)(F)c1cc(Cl)c2nc([C@@H]3CCCN3)[nH]c2c1. The van der Waals surface area contributed by atoms with Crippen LogP contribution < -0.4 is 5.32 Å². The summed E-state index contributed by atoms with van der Waals surface area (Å²) in [6.07, 6.45) is -2.46. The molecule has 0 amide bonds. The second kappa shape index (κ2) is 4.38. The van der Waals surface area contributed by atoms with Gasteiger partial charge in [0.15, 0.2) is 0 Å². The minimum Gasteiger partial charge on any atom is -0.341 e. The second-order valence-corrected chi connectivity index (χ2v) is 5.03. The first-order valence-corrected chi connectivity index (χ1v) is 6.32. The molecule has 7 heteroatoms. The number of halogens is 4. The number of rotatable bonds is 1. The van der Waals surface area contributed by atoms with Gasteiger partial charge in [0.2, 0.25) is 0 Å². The number of nitrogens with one attached hydrogen (secondary N) is 2. The van der Waals surface area contributed by atoms with E-state index < -0.39 is 11.7 Å². The van der Waals surface area contributed by atoms with Gasteiger partial charge in [-0.1, -0.05) is 11.6 Å². The molecule has 0 saturated carbocycles. The van der Waals surface area contributed by atoms with E-state index in [0.29, 0.717) is 16.9 Å². The summed E-state index contributed by atoms with van der Waals surface area (Å²) in [7, 11) is 0. The Morgan fingerprint density at radius 2 is 2.11 bits per heavy atom. The van der Waals surface area contributed by atoms with Crippen molar-refractivity contribution < 1.29 is 13.2 Å². The topological polar surface area (TPSA) is 40.7 Å². The Hall–Kier alpha value is -1.27. The maximum atomic E-state index is 12.7. The standard InChI is InChI=1S/C12H11ClF3N3/c13-7-4-6(12(14,15)16)5-9-10(7)19-11(18-9)8-2-1-3-17-8/h4-5,8,17H,1-3H2,(H,18,19)/t8-/m0/s1. The van der Waals surface area contributed by atoms with Crippen LogP contribution in [0.4, 0.5) is 13.2 Å². The zero-order valence-corrected chi connectivity index (χ0v) is 10.6. The van der Waals surface area contributed by atoms with Gasteiger partial charge in [0.05, 0.1) is 22.1 Å². The number of hydrogen-bond acceptors (Lipinski definition) is 2. The predicted molar refractivity (Wildman–Crippen MR) is 66.1 cm³/mol. The van der Waals surface area contributed by atoms with Gasteiger partial charge in [-0.3, -0.25) is 0 Å². The lowest BCUT2D eigenvalue weighted by molar-refractivity contribution is -0.137. The Balaban J connectivity index is 2.09. The van der Waals surface area contributed by atoms with Crippen molar-refractivity contribution in [3.05, 3.63) is 28.5 Å². The van der Waals surface area contributed by atoms with E-state index in [0.717, 1.165) is 31.5 Å². The highest BCUT2D eigenvalue weighted by atomic mass is 35.5. The van der Waals surface area contributed by atoms with Crippen LogP contribution in [0.25, 0.3) is 11.0 Å². The van der Waals surface area contributed by atoms with Crippen molar-refractivity contribution in [2.45, 2.75) is 25.1 Å². The fourth-order valence-electron chi connectivity index (χ4n) is 2.34. The first-order valence-electron chi connectivity index (χ1n) is 5.95. The molecule has 0 radical (unpaired) electrons. The van der Waals surface area contributed by atoms with Gasteiger partial charge in [-0.2, -0.15) is 13.2 Å². The lowest BCUT2D eigenvalue weighted by atomic mass is 10.2. The van der Waals surface area contributed by atoms with Crippen LogP contribution in [0.5, 0.6) is 0 Å². The largest absolute Gasteiger partial charge is 0.416 e. The number of imidazole rings is 1. The summed E-state index contributed by atoms with van der Waals surface area (Å²) in [6.45, 7) is 0.892. The number of nitrogens with zero attached hydrogens (tertiary/aromatic N) is 1. The predicted octanol–water partition coefficient (Wildman–Crippen LogP) is 3.66. The molecule has 0 bridgehead atoms. The first-order chi connectivity index (χ1) is 8.95. The molecule has 0 spiro atoms. The van der Waals surface area contributed by atoms with Gasteiger partial charge in [-0.05, 0) is 31.5 Å². The van der Waals surface area contributed by atoms with E-state index >= 15 is 0 Å². The maximum absolute atomic E-state index is 12.7.